The smallest absolute Gasteiger partial charge is 0.276 e. The fraction of sp³-hybridized carbons (Fsp3) is 0.0909. The van der Waals surface area contributed by atoms with Gasteiger partial charge in [0.05, 0.1) is 16.6 Å². The first kappa shape index (κ1) is 19.0. The predicted octanol–water partition coefficient (Wildman–Crippen LogP) is 4.91. The number of thiazole rings is 2. The number of rotatable bonds is 6. The van der Waals surface area contributed by atoms with E-state index in [0.717, 1.165) is 15.4 Å². The Labute approximate surface area is 176 Å². The molecule has 0 unspecified atom stereocenters. The second kappa shape index (κ2) is 8.78. The van der Waals surface area contributed by atoms with Crippen LogP contribution in [0.1, 0.15) is 37.1 Å². The maximum absolute atomic E-state index is 12.5. The van der Waals surface area contributed by atoms with Crippen LogP contribution in [0.2, 0.25) is 0 Å². The highest BCUT2D eigenvalue weighted by molar-refractivity contribution is 7.15. The molecule has 0 bridgehead atoms. The quantitative estimate of drug-likeness (QED) is 0.485. The molecule has 7 heteroatoms. The van der Waals surface area contributed by atoms with E-state index in [9.17, 15) is 4.79 Å². The Bertz CT molecular complexity index is 1160. The monoisotopic (exact) mass is 416 g/mol. The van der Waals surface area contributed by atoms with Crippen LogP contribution in [0.4, 0.5) is 5.13 Å². The molecule has 0 saturated carbocycles. The second-order valence-electron chi connectivity index (χ2n) is 6.36. The number of benzene rings is 2. The Morgan fingerprint density at radius 3 is 2.55 bits per heavy atom. The highest BCUT2D eigenvalue weighted by Crippen LogP contribution is 2.22. The van der Waals surface area contributed by atoms with Gasteiger partial charge in [-0.05, 0) is 23.3 Å². The number of hydrogen-bond donors (Lipinski definition) is 1. The molecule has 0 atom stereocenters. The van der Waals surface area contributed by atoms with Gasteiger partial charge in [0, 0.05) is 29.3 Å². The van der Waals surface area contributed by atoms with Gasteiger partial charge in [-0.2, -0.15) is 5.26 Å². The minimum absolute atomic E-state index is 0.250. The van der Waals surface area contributed by atoms with Crippen LogP contribution in [0.15, 0.2) is 66.2 Å². The summed E-state index contributed by atoms with van der Waals surface area (Å²) in [6.45, 7) is 0. The molecule has 1 amide bonds. The zero-order valence-corrected chi connectivity index (χ0v) is 17.0. The summed E-state index contributed by atoms with van der Waals surface area (Å²) in [6.07, 6.45) is 3.18. The third kappa shape index (κ3) is 4.93. The van der Waals surface area contributed by atoms with Gasteiger partial charge >= 0.3 is 0 Å². The molecule has 0 aliphatic rings. The lowest BCUT2D eigenvalue weighted by Gasteiger charge is -1.99. The second-order valence-corrected chi connectivity index (χ2v) is 8.42. The predicted molar refractivity (Wildman–Crippen MR) is 115 cm³/mol. The summed E-state index contributed by atoms with van der Waals surface area (Å²) < 4.78 is 0. The molecule has 2 heterocycles. The molecule has 2 aromatic carbocycles. The fourth-order valence-electron chi connectivity index (χ4n) is 2.77. The number of anilines is 1. The largest absolute Gasteiger partial charge is 0.296 e. The summed E-state index contributed by atoms with van der Waals surface area (Å²) in [7, 11) is 0. The molecular formula is C22H16N4OS2. The summed E-state index contributed by atoms with van der Waals surface area (Å²) >= 11 is 2.92. The van der Waals surface area contributed by atoms with Crippen LogP contribution in [0.25, 0.3) is 0 Å². The van der Waals surface area contributed by atoms with E-state index < -0.39 is 0 Å². The molecule has 0 radical (unpaired) electrons. The zero-order chi connectivity index (χ0) is 20.1. The third-order valence-corrected chi connectivity index (χ3v) is 5.98. The van der Waals surface area contributed by atoms with Gasteiger partial charge in [0.25, 0.3) is 5.91 Å². The van der Waals surface area contributed by atoms with Gasteiger partial charge in [0.15, 0.2) is 5.13 Å². The van der Waals surface area contributed by atoms with Crippen LogP contribution in [0, 0.1) is 11.3 Å². The number of hydrogen-bond acceptors (Lipinski definition) is 6. The maximum atomic E-state index is 12.5. The van der Waals surface area contributed by atoms with Crippen molar-refractivity contribution in [3.63, 3.8) is 0 Å². The first-order chi connectivity index (χ1) is 14.2. The molecule has 0 fully saturated rings. The first-order valence-corrected chi connectivity index (χ1v) is 10.6. The molecule has 4 aromatic rings. The van der Waals surface area contributed by atoms with Crippen LogP contribution < -0.4 is 5.32 Å². The van der Waals surface area contributed by atoms with Crippen molar-refractivity contribution in [1.29, 1.82) is 5.26 Å². The lowest BCUT2D eigenvalue weighted by atomic mass is 10.1. The van der Waals surface area contributed by atoms with Crippen LogP contribution in [-0.4, -0.2) is 15.9 Å². The van der Waals surface area contributed by atoms with E-state index in [-0.39, 0.29) is 5.91 Å². The zero-order valence-electron chi connectivity index (χ0n) is 15.3. The summed E-state index contributed by atoms with van der Waals surface area (Å²) in [5.41, 5.74) is 3.31. The normalized spacial score (nSPS) is 10.4. The van der Waals surface area contributed by atoms with Crippen molar-refractivity contribution in [3.05, 3.63) is 98.4 Å². The van der Waals surface area contributed by atoms with Gasteiger partial charge in [-0.3, -0.25) is 10.1 Å². The van der Waals surface area contributed by atoms with E-state index in [4.69, 9.17) is 5.26 Å². The molecule has 5 nitrogen and oxygen atoms in total. The number of nitrogens with zero attached hydrogens (tertiary/aromatic N) is 3. The molecule has 1 N–H and O–H groups in total. The van der Waals surface area contributed by atoms with E-state index in [1.54, 1.807) is 23.7 Å². The topological polar surface area (TPSA) is 78.7 Å². The first-order valence-electron chi connectivity index (χ1n) is 8.93. The number of carbonyl (C=O) groups excluding carboxylic acids is 1. The average molecular weight is 417 g/mol. The molecule has 0 saturated heterocycles. The van der Waals surface area contributed by atoms with Crippen molar-refractivity contribution in [2.24, 2.45) is 0 Å². The SMILES string of the molecule is N#Cc1ccc(Cc2cnc(NC(=O)c3csc(Cc4ccccc4)n3)s2)cc1. The van der Waals surface area contributed by atoms with Gasteiger partial charge in [-0.25, -0.2) is 9.97 Å². The van der Waals surface area contributed by atoms with Crippen molar-refractivity contribution in [1.82, 2.24) is 9.97 Å². The van der Waals surface area contributed by atoms with Crippen LogP contribution in [0.3, 0.4) is 0 Å². The summed E-state index contributed by atoms with van der Waals surface area (Å²) in [5.74, 6) is -0.250. The molecule has 2 aromatic heterocycles. The van der Waals surface area contributed by atoms with Crippen molar-refractivity contribution in [2.45, 2.75) is 12.8 Å². The molecular weight excluding hydrogens is 400 g/mol. The molecule has 0 spiro atoms. The average Bonchev–Trinajstić information content (AvgIpc) is 3.39. The molecule has 4 rings (SSSR count). The Kier molecular flexibility index (Phi) is 5.75. The molecule has 0 aliphatic carbocycles. The van der Waals surface area contributed by atoms with Gasteiger partial charge in [-0.15, -0.1) is 22.7 Å². The lowest BCUT2D eigenvalue weighted by molar-refractivity contribution is 0.102. The molecule has 142 valence electrons. The number of aromatic nitrogens is 2. The van der Waals surface area contributed by atoms with Crippen LogP contribution in [-0.2, 0) is 12.8 Å². The van der Waals surface area contributed by atoms with Crippen molar-refractivity contribution >= 4 is 33.7 Å². The Morgan fingerprint density at radius 1 is 1.03 bits per heavy atom. The fourth-order valence-corrected chi connectivity index (χ4v) is 4.42. The number of nitriles is 1. The number of nitrogens with one attached hydrogen (secondary N) is 1. The van der Waals surface area contributed by atoms with Gasteiger partial charge in [0.2, 0.25) is 0 Å². The van der Waals surface area contributed by atoms with E-state index in [1.165, 1.54) is 28.2 Å². The summed E-state index contributed by atoms with van der Waals surface area (Å²) in [4.78, 5) is 22.3. The van der Waals surface area contributed by atoms with E-state index in [2.05, 4.69) is 21.4 Å². The van der Waals surface area contributed by atoms with Crippen LogP contribution >= 0.6 is 22.7 Å². The number of amides is 1. The molecule has 29 heavy (non-hydrogen) atoms. The van der Waals surface area contributed by atoms with Crippen molar-refractivity contribution in [3.8, 4) is 6.07 Å². The molecule has 0 aliphatic heterocycles. The summed E-state index contributed by atoms with van der Waals surface area (Å²) in [5, 5.41) is 14.9. The lowest BCUT2D eigenvalue weighted by Crippen LogP contribution is -2.12. The Hall–Kier alpha value is -3.34. The van der Waals surface area contributed by atoms with E-state index in [0.29, 0.717) is 29.2 Å². The van der Waals surface area contributed by atoms with Crippen molar-refractivity contribution in [2.75, 3.05) is 5.32 Å². The van der Waals surface area contributed by atoms with Gasteiger partial charge in [-0.1, -0.05) is 42.5 Å². The van der Waals surface area contributed by atoms with Crippen molar-refractivity contribution < 1.29 is 4.79 Å². The van der Waals surface area contributed by atoms with Gasteiger partial charge in [0.1, 0.15) is 5.69 Å². The van der Waals surface area contributed by atoms with E-state index >= 15 is 0 Å². The third-order valence-electron chi connectivity index (χ3n) is 4.22. The Balaban J connectivity index is 1.37. The number of carbonyl (C=O) groups is 1. The highest BCUT2D eigenvalue weighted by Gasteiger charge is 2.13. The maximum Gasteiger partial charge on any atom is 0.276 e. The minimum atomic E-state index is -0.250. The van der Waals surface area contributed by atoms with Crippen LogP contribution in [0.5, 0.6) is 0 Å². The standard InChI is InChI=1S/C22H16N4OS2/c23-12-17-8-6-16(7-9-17)10-18-13-24-22(29-18)26-21(27)19-14-28-20(25-19)11-15-4-2-1-3-5-15/h1-9,13-14H,10-11H2,(H,24,26,27). The Morgan fingerprint density at radius 2 is 1.79 bits per heavy atom. The van der Waals surface area contributed by atoms with Gasteiger partial charge < -0.3 is 0 Å². The minimum Gasteiger partial charge on any atom is -0.296 e. The summed E-state index contributed by atoms with van der Waals surface area (Å²) in [6, 6.07) is 19.6. The van der Waals surface area contributed by atoms with E-state index in [1.807, 2.05) is 42.5 Å². The highest BCUT2D eigenvalue weighted by atomic mass is 32.1.